The molecule has 0 spiro atoms. The Morgan fingerprint density at radius 2 is 1.94 bits per heavy atom. The summed E-state index contributed by atoms with van der Waals surface area (Å²) in [6, 6.07) is 0.291. The van der Waals surface area contributed by atoms with Gasteiger partial charge in [0.1, 0.15) is 5.75 Å². The van der Waals surface area contributed by atoms with Gasteiger partial charge in [0.05, 0.1) is 12.7 Å². The first-order valence-electron chi connectivity index (χ1n) is 3.90. The van der Waals surface area contributed by atoms with Gasteiger partial charge in [0.2, 0.25) is 5.88 Å². The molecule has 1 rings (SSSR count). The molecule has 0 radical (unpaired) electrons. The van der Waals surface area contributed by atoms with E-state index in [0.717, 1.165) is 7.11 Å². The number of nitrogens with zero attached hydrogens (tertiary/aromatic N) is 1. The van der Waals surface area contributed by atoms with Crippen LogP contribution in [0.3, 0.4) is 0 Å². The molecular formula is C8H6F5NO2. The van der Waals surface area contributed by atoms with Crippen LogP contribution in [-0.4, -0.2) is 17.2 Å². The lowest BCUT2D eigenvalue weighted by molar-refractivity contribution is -0.142. The number of hydrogen-bond donors (Lipinski definition) is 1. The number of aromatic nitrogens is 1. The van der Waals surface area contributed by atoms with Crippen LogP contribution >= 0.6 is 0 Å². The predicted octanol–water partition coefficient (Wildman–Crippen LogP) is 2.75. The van der Waals surface area contributed by atoms with Gasteiger partial charge >= 0.3 is 6.18 Å². The summed E-state index contributed by atoms with van der Waals surface area (Å²) in [5.41, 5.74) is -2.55. The zero-order valence-corrected chi connectivity index (χ0v) is 7.85. The van der Waals surface area contributed by atoms with Gasteiger partial charge in [-0.25, -0.2) is 13.8 Å². The average Bonchev–Trinajstić information content (AvgIpc) is 2.15. The van der Waals surface area contributed by atoms with E-state index in [0.29, 0.717) is 6.07 Å². The zero-order valence-electron chi connectivity index (χ0n) is 7.85. The molecule has 0 aliphatic rings. The summed E-state index contributed by atoms with van der Waals surface area (Å²) in [7, 11) is 0.908. The van der Waals surface area contributed by atoms with Gasteiger partial charge < -0.3 is 9.84 Å². The molecule has 3 nitrogen and oxygen atoms in total. The van der Waals surface area contributed by atoms with Gasteiger partial charge in [0.15, 0.2) is 5.69 Å². The Bertz CT molecular complexity index is 391. The van der Waals surface area contributed by atoms with Crippen molar-refractivity contribution in [3.8, 4) is 11.6 Å². The summed E-state index contributed by atoms with van der Waals surface area (Å²) >= 11 is 0. The van der Waals surface area contributed by atoms with Crippen LogP contribution in [0.5, 0.6) is 11.6 Å². The molecule has 0 aliphatic carbocycles. The summed E-state index contributed by atoms with van der Waals surface area (Å²) in [5, 5.41) is 8.92. The van der Waals surface area contributed by atoms with Gasteiger partial charge in [-0.1, -0.05) is 0 Å². The summed E-state index contributed by atoms with van der Waals surface area (Å²) in [4.78, 5) is 2.81. The Labute approximate surface area is 86.5 Å². The highest BCUT2D eigenvalue weighted by molar-refractivity contribution is 5.39. The van der Waals surface area contributed by atoms with E-state index in [2.05, 4.69) is 9.72 Å². The standard InChI is InChI=1S/C8H6F5NO2/c1-16-7-3(6(9)10)2-4(15)5(14-7)8(11,12)13/h2,6,15H,1H3. The van der Waals surface area contributed by atoms with Crippen molar-refractivity contribution in [2.75, 3.05) is 7.11 Å². The number of alkyl halides is 5. The lowest BCUT2D eigenvalue weighted by Crippen LogP contribution is -2.10. The highest BCUT2D eigenvalue weighted by Gasteiger charge is 2.37. The van der Waals surface area contributed by atoms with Crippen LogP contribution in [0.25, 0.3) is 0 Å². The zero-order chi connectivity index (χ0) is 12.5. The van der Waals surface area contributed by atoms with E-state index >= 15 is 0 Å². The van der Waals surface area contributed by atoms with Crippen molar-refractivity contribution in [3.05, 3.63) is 17.3 Å². The van der Waals surface area contributed by atoms with E-state index in [1.165, 1.54) is 0 Å². The lowest BCUT2D eigenvalue weighted by atomic mass is 10.2. The van der Waals surface area contributed by atoms with E-state index in [1.54, 1.807) is 0 Å². The maximum Gasteiger partial charge on any atom is 0.437 e. The number of hydrogen-bond acceptors (Lipinski definition) is 3. The number of aromatic hydroxyl groups is 1. The van der Waals surface area contributed by atoms with Crippen molar-refractivity contribution >= 4 is 0 Å². The van der Waals surface area contributed by atoms with Crippen LogP contribution in [0.4, 0.5) is 22.0 Å². The number of methoxy groups -OCH3 is 1. The Morgan fingerprint density at radius 3 is 2.31 bits per heavy atom. The van der Waals surface area contributed by atoms with Crippen molar-refractivity contribution in [2.24, 2.45) is 0 Å². The molecule has 0 aromatic carbocycles. The molecule has 0 bridgehead atoms. The molecule has 0 atom stereocenters. The first-order chi connectivity index (χ1) is 7.27. The van der Waals surface area contributed by atoms with Crippen molar-refractivity contribution in [3.63, 3.8) is 0 Å². The van der Waals surface area contributed by atoms with Crippen molar-refractivity contribution in [2.45, 2.75) is 12.6 Å². The molecule has 90 valence electrons. The smallest absolute Gasteiger partial charge is 0.437 e. The van der Waals surface area contributed by atoms with Crippen LogP contribution in [0.1, 0.15) is 17.7 Å². The topological polar surface area (TPSA) is 42.4 Å². The van der Waals surface area contributed by atoms with E-state index in [-0.39, 0.29) is 0 Å². The van der Waals surface area contributed by atoms with Gasteiger partial charge in [-0.15, -0.1) is 0 Å². The second-order valence-corrected chi connectivity index (χ2v) is 2.75. The molecule has 0 amide bonds. The highest BCUT2D eigenvalue weighted by atomic mass is 19.4. The Morgan fingerprint density at radius 1 is 1.38 bits per heavy atom. The van der Waals surface area contributed by atoms with Crippen LogP contribution in [0.2, 0.25) is 0 Å². The monoisotopic (exact) mass is 243 g/mol. The summed E-state index contributed by atoms with van der Waals surface area (Å²) < 4.78 is 65.6. The van der Waals surface area contributed by atoms with Crippen LogP contribution in [-0.2, 0) is 6.18 Å². The fraction of sp³-hybridized carbons (Fsp3) is 0.375. The van der Waals surface area contributed by atoms with Crippen molar-refractivity contribution in [1.82, 2.24) is 4.98 Å². The first kappa shape index (κ1) is 12.5. The predicted molar refractivity (Wildman–Crippen MR) is 42.4 cm³/mol. The first-order valence-corrected chi connectivity index (χ1v) is 3.90. The molecule has 1 heterocycles. The highest BCUT2D eigenvalue weighted by Crippen LogP contribution is 2.39. The third-order valence-corrected chi connectivity index (χ3v) is 1.69. The third kappa shape index (κ3) is 2.31. The molecule has 8 heteroatoms. The molecule has 0 unspecified atom stereocenters. The van der Waals surface area contributed by atoms with Gasteiger partial charge in [-0.2, -0.15) is 13.2 Å². The lowest BCUT2D eigenvalue weighted by Gasteiger charge is -2.12. The minimum absolute atomic E-state index is 0.291. The number of ether oxygens (including phenoxy) is 1. The quantitative estimate of drug-likeness (QED) is 0.812. The van der Waals surface area contributed by atoms with Gasteiger partial charge in [0, 0.05) is 0 Å². The molecule has 0 fully saturated rings. The van der Waals surface area contributed by atoms with Crippen LogP contribution in [0.15, 0.2) is 6.07 Å². The maximum atomic E-state index is 12.3. The third-order valence-electron chi connectivity index (χ3n) is 1.69. The van der Waals surface area contributed by atoms with Crippen LogP contribution < -0.4 is 4.74 Å². The fourth-order valence-corrected chi connectivity index (χ4v) is 1.03. The average molecular weight is 243 g/mol. The van der Waals surface area contributed by atoms with Gasteiger partial charge in [0.25, 0.3) is 6.43 Å². The van der Waals surface area contributed by atoms with Gasteiger partial charge in [-0.05, 0) is 6.07 Å². The minimum atomic E-state index is -4.93. The molecule has 0 saturated carbocycles. The molecule has 1 aromatic heterocycles. The largest absolute Gasteiger partial charge is 0.506 e. The molecule has 0 saturated heterocycles. The minimum Gasteiger partial charge on any atom is -0.506 e. The van der Waals surface area contributed by atoms with E-state index < -0.39 is 35.5 Å². The van der Waals surface area contributed by atoms with Crippen molar-refractivity contribution < 1.29 is 31.8 Å². The van der Waals surface area contributed by atoms with Crippen LogP contribution in [0, 0.1) is 0 Å². The summed E-state index contributed by atoms with van der Waals surface area (Å²) in [6.07, 6.45) is -8.02. The van der Waals surface area contributed by atoms with E-state index in [4.69, 9.17) is 5.11 Å². The summed E-state index contributed by atoms with van der Waals surface area (Å²) in [6.45, 7) is 0. The molecule has 1 N–H and O–H groups in total. The maximum absolute atomic E-state index is 12.3. The molecule has 1 aromatic rings. The molecule has 0 aliphatic heterocycles. The molecule has 16 heavy (non-hydrogen) atoms. The van der Waals surface area contributed by atoms with E-state index in [1.807, 2.05) is 0 Å². The number of pyridine rings is 1. The Hall–Kier alpha value is -1.60. The normalized spacial score (nSPS) is 11.9. The summed E-state index contributed by atoms with van der Waals surface area (Å²) in [5.74, 6) is -2.22. The molecular weight excluding hydrogens is 237 g/mol. The Kier molecular flexibility index (Phi) is 3.20. The fourth-order valence-electron chi connectivity index (χ4n) is 1.03. The number of halogens is 5. The number of rotatable bonds is 2. The Balaban J connectivity index is 3.37. The van der Waals surface area contributed by atoms with Crippen molar-refractivity contribution in [1.29, 1.82) is 0 Å². The second-order valence-electron chi connectivity index (χ2n) is 2.75. The van der Waals surface area contributed by atoms with Gasteiger partial charge in [-0.3, -0.25) is 0 Å². The SMILES string of the molecule is COc1nc(C(F)(F)F)c(O)cc1C(F)F. The second kappa shape index (κ2) is 4.11. The van der Waals surface area contributed by atoms with E-state index in [9.17, 15) is 22.0 Å².